The van der Waals surface area contributed by atoms with E-state index >= 15 is 0 Å². The standard InChI is InChI=1S/C13H14ClN3O2S/c1-8-9(14)4-2-5-10(8)17-11-6-3-7-12(13(11)15)20(16,18)19/h2-7,17H,15H2,1H3,(H2,16,18,19). The van der Waals surface area contributed by atoms with Crippen LogP contribution in [-0.4, -0.2) is 8.42 Å². The Kier molecular flexibility index (Phi) is 3.89. The fraction of sp³-hybridized carbons (Fsp3) is 0.0769. The van der Waals surface area contributed by atoms with Gasteiger partial charge < -0.3 is 11.1 Å². The molecule has 0 heterocycles. The zero-order chi connectivity index (χ0) is 14.9. The van der Waals surface area contributed by atoms with E-state index in [-0.39, 0.29) is 10.6 Å². The van der Waals surface area contributed by atoms with Gasteiger partial charge in [-0.25, -0.2) is 13.6 Å². The van der Waals surface area contributed by atoms with E-state index in [9.17, 15) is 8.42 Å². The largest absolute Gasteiger partial charge is 0.396 e. The Morgan fingerprint density at radius 1 is 1.10 bits per heavy atom. The number of nitrogens with two attached hydrogens (primary N) is 2. The van der Waals surface area contributed by atoms with Crippen LogP contribution < -0.4 is 16.2 Å². The van der Waals surface area contributed by atoms with Crippen LogP contribution >= 0.6 is 11.6 Å². The van der Waals surface area contributed by atoms with Gasteiger partial charge in [-0.2, -0.15) is 0 Å². The molecular formula is C13H14ClN3O2S. The molecule has 5 nitrogen and oxygen atoms in total. The summed E-state index contributed by atoms with van der Waals surface area (Å²) in [6.45, 7) is 1.85. The smallest absolute Gasteiger partial charge is 0.240 e. The Hall–Kier alpha value is -1.76. The van der Waals surface area contributed by atoms with Crippen LogP contribution in [-0.2, 0) is 10.0 Å². The molecule has 0 bridgehead atoms. The Labute approximate surface area is 122 Å². The van der Waals surface area contributed by atoms with Gasteiger partial charge in [-0.15, -0.1) is 0 Å². The molecule has 2 rings (SSSR count). The molecule has 0 saturated carbocycles. The van der Waals surface area contributed by atoms with Gasteiger partial charge in [-0.1, -0.05) is 23.7 Å². The van der Waals surface area contributed by atoms with Gasteiger partial charge >= 0.3 is 0 Å². The van der Waals surface area contributed by atoms with Crippen LogP contribution in [0, 0.1) is 6.92 Å². The number of nitrogen functional groups attached to an aromatic ring is 1. The second-order valence-corrected chi connectivity index (χ2v) is 6.24. The summed E-state index contributed by atoms with van der Waals surface area (Å²) in [6, 6.07) is 9.98. The number of sulfonamides is 1. The van der Waals surface area contributed by atoms with E-state index in [0.29, 0.717) is 10.7 Å². The first kappa shape index (κ1) is 14.6. The number of anilines is 3. The van der Waals surface area contributed by atoms with Gasteiger partial charge in [0.25, 0.3) is 0 Å². The molecule has 0 aliphatic rings. The molecule has 0 radical (unpaired) electrons. The van der Waals surface area contributed by atoms with Gasteiger partial charge in [-0.3, -0.25) is 0 Å². The third kappa shape index (κ3) is 2.87. The molecule has 0 amide bonds. The molecule has 7 heteroatoms. The van der Waals surface area contributed by atoms with Crippen LogP contribution in [0.25, 0.3) is 0 Å². The predicted molar refractivity (Wildman–Crippen MR) is 81.7 cm³/mol. The van der Waals surface area contributed by atoms with Crippen molar-refractivity contribution in [2.45, 2.75) is 11.8 Å². The van der Waals surface area contributed by atoms with Crippen molar-refractivity contribution < 1.29 is 8.42 Å². The Balaban J connectivity index is 2.48. The summed E-state index contributed by atoms with van der Waals surface area (Å²) < 4.78 is 22.9. The molecule has 0 fully saturated rings. The van der Waals surface area contributed by atoms with E-state index in [2.05, 4.69) is 5.32 Å². The first-order valence-corrected chi connectivity index (χ1v) is 7.66. The highest BCUT2D eigenvalue weighted by atomic mass is 35.5. The van der Waals surface area contributed by atoms with Gasteiger partial charge in [-0.05, 0) is 36.8 Å². The van der Waals surface area contributed by atoms with Crippen molar-refractivity contribution in [3.63, 3.8) is 0 Å². The minimum Gasteiger partial charge on any atom is -0.396 e. The molecule has 0 aromatic heterocycles. The summed E-state index contributed by atoms with van der Waals surface area (Å²) >= 11 is 6.04. The minimum atomic E-state index is -3.86. The molecule has 2 aromatic rings. The molecule has 5 N–H and O–H groups in total. The van der Waals surface area contributed by atoms with Crippen LogP contribution in [0.1, 0.15) is 5.56 Å². The summed E-state index contributed by atoms with van der Waals surface area (Å²) in [5.41, 5.74) is 7.98. The monoisotopic (exact) mass is 311 g/mol. The lowest BCUT2D eigenvalue weighted by Crippen LogP contribution is -2.15. The first-order valence-electron chi connectivity index (χ1n) is 5.74. The van der Waals surface area contributed by atoms with Crippen LogP contribution in [0.4, 0.5) is 17.1 Å². The number of nitrogens with one attached hydrogen (secondary N) is 1. The fourth-order valence-corrected chi connectivity index (χ4v) is 2.65. The zero-order valence-electron chi connectivity index (χ0n) is 10.7. The van der Waals surface area contributed by atoms with Crippen LogP contribution in [0.2, 0.25) is 5.02 Å². The van der Waals surface area contributed by atoms with Crippen molar-refractivity contribution in [3.8, 4) is 0 Å². The molecule has 2 aromatic carbocycles. The highest BCUT2D eigenvalue weighted by Crippen LogP contribution is 2.31. The van der Waals surface area contributed by atoms with Crippen LogP contribution in [0.5, 0.6) is 0 Å². The molecule has 0 aliphatic carbocycles. The summed E-state index contributed by atoms with van der Waals surface area (Å²) in [5, 5.41) is 8.79. The number of primary sulfonamides is 1. The molecule has 0 aliphatic heterocycles. The summed E-state index contributed by atoms with van der Waals surface area (Å²) in [4.78, 5) is -0.109. The van der Waals surface area contributed by atoms with E-state index < -0.39 is 10.0 Å². The first-order chi connectivity index (χ1) is 9.30. The third-order valence-electron chi connectivity index (χ3n) is 2.91. The van der Waals surface area contributed by atoms with Gasteiger partial charge in [0.15, 0.2) is 0 Å². The molecule has 0 spiro atoms. The molecular weight excluding hydrogens is 298 g/mol. The maximum atomic E-state index is 11.4. The molecule has 106 valence electrons. The van der Waals surface area contributed by atoms with Crippen LogP contribution in [0.3, 0.4) is 0 Å². The van der Waals surface area contributed by atoms with Crippen molar-refractivity contribution in [1.82, 2.24) is 0 Å². The zero-order valence-corrected chi connectivity index (χ0v) is 12.3. The number of para-hydroxylation sites is 1. The maximum Gasteiger partial charge on any atom is 0.240 e. The normalized spacial score (nSPS) is 11.3. The molecule has 0 saturated heterocycles. The Morgan fingerprint density at radius 3 is 2.35 bits per heavy atom. The summed E-state index contributed by atoms with van der Waals surface area (Å²) in [7, 11) is -3.86. The quantitative estimate of drug-likeness (QED) is 0.759. The summed E-state index contributed by atoms with van der Waals surface area (Å²) in [6.07, 6.45) is 0. The summed E-state index contributed by atoms with van der Waals surface area (Å²) in [5.74, 6) is 0. The molecule has 0 atom stereocenters. The van der Waals surface area contributed by atoms with E-state index in [1.807, 2.05) is 13.0 Å². The number of hydrogen-bond donors (Lipinski definition) is 3. The minimum absolute atomic E-state index is 0.0781. The predicted octanol–water partition coefficient (Wildman–Crippen LogP) is 2.62. The Morgan fingerprint density at radius 2 is 1.70 bits per heavy atom. The van der Waals surface area contributed by atoms with E-state index in [0.717, 1.165) is 11.3 Å². The van der Waals surface area contributed by atoms with Gasteiger partial charge in [0.1, 0.15) is 4.90 Å². The SMILES string of the molecule is Cc1c(Cl)cccc1Nc1cccc(S(N)(=O)=O)c1N. The van der Waals surface area contributed by atoms with E-state index in [1.54, 1.807) is 24.3 Å². The second kappa shape index (κ2) is 5.32. The lowest BCUT2D eigenvalue weighted by molar-refractivity contribution is 0.598. The number of rotatable bonds is 3. The highest BCUT2D eigenvalue weighted by molar-refractivity contribution is 7.89. The average Bonchev–Trinajstić information content (AvgIpc) is 2.36. The number of halogens is 1. The number of benzene rings is 2. The fourth-order valence-electron chi connectivity index (χ4n) is 1.79. The number of hydrogen-bond acceptors (Lipinski definition) is 4. The van der Waals surface area contributed by atoms with E-state index in [1.165, 1.54) is 6.07 Å². The van der Waals surface area contributed by atoms with Crippen LogP contribution in [0.15, 0.2) is 41.3 Å². The molecule has 20 heavy (non-hydrogen) atoms. The van der Waals surface area contributed by atoms with Crippen molar-refractivity contribution in [1.29, 1.82) is 0 Å². The molecule has 0 unspecified atom stereocenters. The van der Waals surface area contributed by atoms with Crippen molar-refractivity contribution >= 4 is 38.7 Å². The van der Waals surface area contributed by atoms with Gasteiger partial charge in [0, 0.05) is 10.7 Å². The maximum absolute atomic E-state index is 11.4. The van der Waals surface area contributed by atoms with Crippen molar-refractivity contribution in [3.05, 3.63) is 47.0 Å². The third-order valence-corrected chi connectivity index (χ3v) is 4.29. The highest BCUT2D eigenvalue weighted by Gasteiger charge is 2.15. The average molecular weight is 312 g/mol. The van der Waals surface area contributed by atoms with Crippen molar-refractivity contribution in [2.24, 2.45) is 5.14 Å². The Bertz CT molecular complexity index is 760. The topological polar surface area (TPSA) is 98.2 Å². The lowest BCUT2D eigenvalue weighted by Gasteiger charge is -2.14. The van der Waals surface area contributed by atoms with E-state index in [4.69, 9.17) is 22.5 Å². The van der Waals surface area contributed by atoms with Crippen molar-refractivity contribution in [2.75, 3.05) is 11.1 Å². The lowest BCUT2D eigenvalue weighted by atomic mass is 10.2. The van der Waals surface area contributed by atoms with Gasteiger partial charge in [0.2, 0.25) is 10.0 Å². The second-order valence-electron chi connectivity index (χ2n) is 4.30. The van der Waals surface area contributed by atoms with Gasteiger partial charge in [0.05, 0.1) is 11.4 Å².